The molecule has 2 heteroatoms. The zero-order valence-corrected chi connectivity index (χ0v) is 8.90. The fourth-order valence-corrected chi connectivity index (χ4v) is 3.86. The van der Waals surface area contributed by atoms with E-state index in [1.807, 2.05) is 0 Å². The molecule has 1 unspecified atom stereocenters. The zero-order valence-electron chi connectivity index (χ0n) is 6.74. The molecule has 2 N–H and O–H groups in total. The van der Waals surface area contributed by atoms with Gasteiger partial charge in [0.25, 0.3) is 0 Å². The van der Waals surface area contributed by atoms with E-state index in [1.54, 1.807) is 0 Å². The fraction of sp³-hybridized carbons (Fsp3) is 1.00. The summed E-state index contributed by atoms with van der Waals surface area (Å²) in [6.45, 7) is 8.85. The van der Waals surface area contributed by atoms with Gasteiger partial charge in [-0.1, -0.05) is 0 Å². The number of halogens is 1. The van der Waals surface area contributed by atoms with Crippen molar-refractivity contribution in [2.24, 2.45) is 5.73 Å². The molecule has 0 aliphatic heterocycles. The van der Waals surface area contributed by atoms with Crippen LogP contribution in [0.4, 0.5) is 0 Å². The Balaban J connectivity index is 3.58. The summed E-state index contributed by atoms with van der Waals surface area (Å²) in [6.07, 6.45) is 1.12. The molecule has 0 amide bonds. The summed E-state index contributed by atoms with van der Waals surface area (Å²) in [6, 6.07) is 0. The van der Waals surface area contributed by atoms with Crippen LogP contribution in [0, 0.1) is 0 Å². The van der Waals surface area contributed by atoms with Gasteiger partial charge in [0, 0.05) is 0 Å². The van der Waals surface area contributed by atoms with Crippen molar-refractivity contribution in [1.82, 2.24) is 0 Å². The average molecular weight is 242 g/mol. The van der Waals surface area contributed by atoms with Crippen LogP contribution in [0.5, 0.6) is 0 Å². The first-order valence-corrected chi connectivity index (χ1v) is 5.74. The zero-order chi connectivity index (χ0) is 7.49. The van der Waals surface area contributed by atoms with E-state index >= 15 is 0 Å². The summed E-state index contributed by atoms with van der Waals surface area (Å²) >= 11 is 0.197. The summed E-state index contributed by atoms with van der Waals surface area (Å²) in [4.78, 5) is 0. The monoisotopic (exact) mass is 242 g/mol. The number of hydrogen-bond donors (Lipinski definition) is 1. The van der Waals surface area contributed by atoms with Crippen LogP contribution < -0.4 is 26.9 Å². The molecule has 0 bridgehead atoms. The first-order valence-electron chi connectivity index (χ1n) is 3.41. The molecule has 0 aromatic rings. The van der Waals surface area contributed by atoms with Crippen LogP contribution in [0.3, 0.4) is 0 Å². The minimum atomic E-state index is 0.174. The van der Waals surface area contributed by atoms with Crippen LogP contribution in [0.1, 0.15) is 34.1 Å². The van der Waals surface area contributed by atoms with E-state index < -0.39 is 0 Å². The van der Waals surface area contributed by atoms with E-state index in [4.69, 9.17) is 5.73 Å². The Morgan fingerprint density at radius 1 is 1.56 bits per heavy atom. The third kappa shape index (κ3) is 5.15. The average Bonchev–Trinajstić information content (AvgIpc) is 1.63. The summed E-state index contributed by atoms with van der Waals surface area (Å²) in [5.74, 6) is 0. The molecule has 0 radical (unpaired) electrons. The van der Waals surface area contributed by atoms with Gasteiger partial charge in [-0.3, -0.25) is 0 Å². The molecule has 0 rings (SSSR count). The van der Waals surface area contributed by atoms with Gasteiger partial charge in [-0.2, -0.15) is 0 Å². The maximum atomic E-state index is 5.97. The summed E-state index contributed by atoms with van der Waals surface area (Å²) in [7, 11) is 0. The van der Waals surface area contributed by atoms with Crippen molar-refractivity contribution in [2.45, 2.75) is 41.6 Å². The second kappa shape index (κ2) is 3.76. The van der Waals surface area contributed by atoms with Crippen LogP contribution >= 0.6 is 0 Å². The van der Waals surface area contributed by atoms with Crippen LogP contribution in [0.25, 0.3) is 0 Å². The van der Waals surface area contributed by atoms with Crippen molar-refractivity contribution < 1.29 is 21.2 Å². The van der Waals surface area contributed by atoms with Crippen molar-refractivity contribution in [3.63, 3.8) is 0 Å². The van der Waals surface area contributed by atoms with E-state index in [2.05, 4.69) is 27.7 Å². The van der Waals surface area contributed by atoms with E-state index in [1.165, 1.54) is 0 Å². The third-order valence-electron chi connectivity index (χ3n) is 1.16. The summed E-state index contributed by atoms with van der Waals surface area (Å²) in [5.41, 5.74) is 5.97. The van der Waals surface area contributed by atoms with Gasteiger partial charge in [-0.15, -0.1) is 0 Å². The molecule has 9 heavy (non-hydrogen) atoms. The van der Waals surface area contributed by atoms with Crippen LogP contribution in [0.15, 0.2) is 0 Å². The Labute approximate surface area is 68.7 Å². The van der Waals surface area contributed by atoms with Gasteiger partial charge >= 0.3 is 68.5 Å². The molecular formula is C7H17IN-. The summed E-state index contributed by atoms with van der Waals surface area (Å²) in [5, 5.41) is 0. The SMILES string of the molecule is CCC(C)(N)[I-]C(C)C. The van der Waals surface area contributed by atoms with Gasteiger partial charge in [-0.05, 0) is 0 Å². The van der Waals surface area contributed by atoms with E-state index in [9.17, 15) is 0 Å². The van der Waals surface area contributed by atoms with Crippen molar-refractivity contribution in [3.05, 3.63) is 0 Å². The van der Waals surface area contributed by atoms with Gasteiger partial charge in [0.2, 0.25) is 0 Å². The number of alkyl halides is 2. The van der Waals surface area contributed by atoms with Crippen molar-refractivity contribution in [1.29, 1.82) is 0 Å². The Morgan fingerprint density at radius 2 is 2.00 bits per heavy atom. The van der Waals surface area contributed by atoms with E-state index in [-0.39, 0.29) is 24.8 Å². The maximum absolute atomic E-state index is 5.97. The molecule has 0 fully saturated rings. The van der Waals surface area contributed by atoms with Crippen LogP contribution in [-0.4, -0.2) is 7.47 Å². The van der Waals surface area contributed by atoms with Gasteiger partial charge < -0.3 is 0 Å². The van der Waals surface area contributed by atoms with Crippen molar-refractivity contribution in [3.8, 4) is 0 Å². The Bertz CT molecular complexity index is 79.0. The number of nitrogens with two attached hydrogens (primary N) is 1. The Hall–Kier alpha value is 0.690. The normalized spacial score (nSPS) is 18.4. The first kappa shape index (κ1) is 9.69. The molecule has 58 valence electrons. The summed E-state index contributed by atoms with van der Waals surface area (Å²) < 4.78 is 1.01. The molecule has 1 atom stereocenters. The molecule has 0 heterocycles. The second-order valence-electron chi connectivity index (χ2n) is 2.75. The third-order valence-corrected chi connectivity index (χ3v) is 4.59. The van der Waals surface area contributed by atoms with Crippen LogP contribution in [0.2, 0.25) is 0 Å². The quantitative estimate of drug-likeness (QED) is 0.366. The standard InChI is InChI=1S/C7H17IN/c1-5-7(4,9)8-6(2)3/h6H,5,9H2,1-4H3/q-1. The van der Waals surface area contributed by atoms with Gasteiger partial charge in [0.1, 0.15) is 0 Å². The van der Waals surface area contributed by atoms with E-state index in [0.29, 0.717) is 0 Å². The molecule has 0 saturated carbocycles. The number of rotatable bonds is 3. The predicted octanol–water partition coefficient (Wildman–Crippen LogP) is -1.43. The Morgan fingerprint density at radius 3 is 2.11 bits per heavy atom. The molecular weight excluding hydrogens is 225 g/mol. The molecule has 0 spiro atoms. The predicted molar refractivity (Wildman–Crippen MR) is 38.0 cm³/mol. The molecule has 0 aliphatic rings. The topological polar surface area (TPSA) is 26.0 Å². The van der Waals surface area contributed by atoms with Gasteiger partial charge in [-0.25, -0.2) is 0 Å². The molecule has 0 saturated heterocycles. The molecule has 0 aliphatic carbocycles. The second-order valence-corrected chi connectivity index (χ2v) is 8.33. The molecule has 1 nitrogen and oxygen atoms in total. The van der Waals surface area contributed by atoms with Crippen LogP contribution in [-0.2, 0) is 0 Å². The number of hydrogen-bond acceptors (Lipinski definition) is 1. The molecule has 0 aromatic heterocycles. The first-order chi connectivity index (χ1) is 3.98. The van der Waals surface area contributed by atoms with Gasteiger partial charge in [0.05, 0.1) is 0 Å². The van der Waals surface area contributed by atoms with Crippen molar-refractivity contribution in [2.75, 3.05) is 0 Å². The van der Waals surface area contributed by atoms with E-state index in [0.717, 1.165) is 10.3 Å². The molecule has 0 aromatic carbocycles. The minimum absolute atomic E-state index is 0.174. The van der Waals surface area contributed by atoms with Gasteiger partial charge in [0.15, 0.2) is 0 Å². The van der Waals surface area contributed by atoms with Crippen molar-refractivity contribution >= 4 is 0 Å². The fourth-order valence-electron chi connectivity index (χ4n) is 0.576. The Kier molecular flexibility index (Phi) is 4.05.